The number of likely N-dealkylation sites (N-methyl/N-ethyl adjacent to an activating group) is 1. The third-order valence-corrected chi connectivity index (χ3v) is 4.81. The van der Waals surface area contributed by atoms with E-state index in [1.165, 1.54) is 5.56 Å². The van der Waals surface area contributed by atoms with Crippen LogP contribution in [0.5, 0.6) is 0 Å². The Morgan fingerprint density at radius 1 is 1.19 bits per heavy atom. The number of hydrogen-bond donors (Lipinski definition) is 2. The van der Waals surface area contributed by atoms with Gasteiger partial charge in [0.1, 0.15) is 6.54 Å². The summed E-state index contributed by atoms with van der Waals surface area (Å²) in [6.45, 7) is -1.49. The van der Waals surface area contributed by atoms with Gasteiger partial charge in [0.2, 0.25) is 5.91 Å². The lowest BCUT2D eigenvalue weighted by Gasteiger charge is -2.30. The number of guanidine groups is 1. The molecule has 0 aliphatic heterocycles. The highest BCUT2D eigenvalue weighted by Gasteiger charge is 2.31. The zero-order valence-electron chi connectivity index (χ0n) is 15.7. The monoisotopic (exact) mass is 384 g/mol. The number of aliphatic imine (C=N–C) groups is 1. The van der Waals surface area contributed by atoms with E-state index >= 15 is 0 Å². The van der Waals surface area contributed by atoms with Gasteiger partial charge < -0.3 is 15.5 Å². The van der Waals surface area contributed by atoms with Gasteiger partial charge in [-0.25, -0.2) is 0 Å². The number of hydrogen-bond acceptors (Lipinski definition) is 2. The van der Waals surface area contributed by atoms with Gasteiger partial charge in [0.05, 0.1) is 6.54 Å². The van der Waals surface area contributed by atoms with Crippen molar-refractivity contribution in [1.29, 1.82) is 0 Å². The van der Waals surface area contributed by atoms with Crippen LogP contribution >= 0.6 is 0 Å². The molecule has 1 aliphatic rings. The summed E-state index contributed by atoms with van der Waals surface area (Å²) in [5.74, 6) is 0.354. The largest absolute Gasteiger partial charge is 0.406 e. The molecule has 0 bridgehead atoms. The lowest BCUT2D eigenvalue weighted by atomic mass is 9.82. The predicted octanol–water partition coefficient (Wildman–Crippen LogP) is 2.90. The molecule has 8 heteroatoms. The molecule has 0 unspecified atom stereocenters. The Morgan fingerprint density at radius 3 is 2.37 bits per heavy atom. The van der Waals surface area contributed by atoms with Gasteiger partial charge in [-0.2, -0.15) is 13.2 Å². The van der Waals surface area contributed by atoms with Crippen LogP contribution < -0.4 is 10.6 Å². The summed E-state index contributed by atoms with van der Waals surface area (Å²) in [7, 11) is 2.72. The Kier molecular flexibility index (Phi) is 7.50. The van der Waals surface area contributed by atoms with Gasteiger partial charge in [0.25, 0.3) is 0 Å². The lowest BCUT2D eigenvalue weighted by molar-refractivity contribution is -0.157. The number of nitrogens with one attached hydrogen (secondary N) is 2. The zero-order chi connectivity index (χ0) is 19.9. The van der Waals surface area contributed by atoms with Crippen LogP contribution in [-0.2, 0) is 4.79 Å². The van der Waals surface area contributed by atoms with Crippen LogP contribution in [0.4, 0.5) is 13.2 Å². The van der Waals surface area contributed by atoms with Crippen molar-refractivity contribution in [2.45, 2.75) is 43.8 Å². The van der Waals surface area contributed by atoms with Crippen LogP contribution in [0.2, 0.25) is 0 Å². The number of carbonyl (C=O) groups excluding carboxylic acids is 1. The summed E-state index contributed by atoms with van der Waals surface area (Å²) in [5.41, 5.74) is 1.36. The molecule has 0 spiro atoms. The average molecular weight is 384 g/mol. The van der Waals surface area contributed by atoms with E-state index in [9.17, 15) is 18.0 Å². The van der Waals surface area contributed by atoms with Crippen LogP contribution in [0.1, 0.15) is 37.2 Å². The first-order valence-electron chi connectivity index (χ1n) is 9.11. The summed E-state index contributed by atoms with van der Waals surface area (Å²) in [5, 5.41) is 6.07. The van der Waals surface area contributed by atoms with Crippen molar-refractivity contribution >= 4 is 11.9 Å². The third kappa shape index (κ3) is 7.11. The molecule has 1 fully saturated rings. The molecule has 0 atom stereocenters. The first-order valence-corrected chi connectivity index (χ1v) is 9.11. The zero-order valence-corrected chi connectivity index (χ0v) is 15.7. The molecule has 1 saturated carbocycles. The summed E-state index contributed by atoms with van der Waals surface area (Å²) in [6, 6.07) is 10.7. The van der Waals surface area contributed by atoms with Crippen molar-refractivity contribution in [2.24, 2.45) is 4.99 Å². The second-order valence-electron chi connectivity index (χ2n) is 6.89. The number of benzene rings is 1. The fourth-order valence-electron chi connectivity index (χ4n) is 3.34. The third-order valence-electron chi connectivity index (χ3n) is 4.81. The molecule has 1 aromatic rings. The predicted molar refractivity (Wildman–Crippen MR) is 99.6 cm³/mol. The van der Waals surface area contributed by atoms with E-state index in [0.717, 1.165) is 32.7 Å². The molecule has 2 rings (SSSR count). The Balaban J connectivity index is 1.75. The molecule has 2 N–H and O–H groups in total. The minimum absolute atomic E-state index is 0.231. The summed E-state index contributed by atoms with van der Waals surface area (Å²) < 4.78 is 37.0. The smallest absolute Gasteiger partial charge is 0.354 e. The number of halogens is 3. The van der Waals surface area contributed by atoms with Crippen LogP contribution in [-0.4, -0.2) is 56.2 Å². The number of nitrogens with zero attached hydrogens (tertiary/aromatic N) is 2. The van der Waals surface area contributed by atoms with Gasteiger partial charge in [-0.15, -0.1) is 0 Å². The molecule has 1 amide bonds. The average Bonchev–Trinajstić information content (AvgIpc) is 2.64. The second-order valence-corrected chi connectivity index (χ2v) is 6.89. The minimum Gasteiger partial charge on any atom is -0.354 e. The minimum atomic E-state index is -4.40. The highest BCUT2D eigenvalue weighted by atomic mass is 19.4. The van der Waals surface area contributed by atoms with E-state index in [0.29, 0.717) is 16.8 Å². The summed E-state index contributed by atoms with van der Waals surface area (Å²) in [6.07, 6.45) is -0.329. The maximum absolute atomic E-state index is 12.3. The van der Waals surface area contributed by atoms with Gasteiger partial charge in [0, 0.05) is 20.1 Å². The standard InChI is InChI=1S/C19H27F3N4O/c1-23-18(24-12-17(27)26(2)13-19(20,21)22)25-16-10-8-15(9-11-16)14-6-4-3-5-7-14/h3-7,15-16H,8-13H2,1-2H3,(H2,23,24,25). The molecular formula is C19H27F3N4O. The van der Waals surface area contributed by atoms with Crippen LogP contribution in [0, 0.1) is 0 Å². The molecule has 0 saturated heterocycles. The van der Waals surface area contributed by atoms with Crippen LogP contribution in [0.15, 0.2) is 35.3 Å². The van der Waals surface area contributed by atoms with E-state index in [1.54, 1.807) is 7.05 Å². The Labute approximate surface area is 158 Å². The Hall–Kier alpha value is -2.25. The van der Waals surface area contributed by atoms with Crippen molar-refractivity contribution in [3.05, 3.63) is 35.9 Å². The maximum atomic E-state index is 12.3. The normalized spacial score (nSPS) is 20.9. The highest BCUT2D eigenvalue weighted by molar-refractivity contribution is 5.86. The Bertz CT molecular complexity index is 626. The topological polar surface area (TPSA) is 56.7 Å². The second kappa shape index (κ2) is 9.62. The number of carbonyl (C=O) groups is 1. The van der Waals surface area contributed by atoms with Crippen molar-refractivity contribution in [3.63, 3.8) is 0 Å². The molecule has 150 valence electrons. The number of rotatable bonds is 5. The fraction of sp³-hybridized carbons (Fsp3) is 0.579. The Morgan fingerprint density at radius 2 is 1.81 bits per heavy atom. The maximum Gasteiger partial charge on any atom is 0.406 e. The molecular weight excluding hydrogens is 357 g/mol. The molecule has 1 aliphatic carbocycles. The first-order chi connectivity index (χ1) is 12.8. The van der Waals surface area contributed by atoms with Gasteiger partial charge in [-0.05, 0) is 37.2 Å². The van der Waals surface area contributed by atoms with Gasteiger partial charge in [-0.1, -0.05) is 30.3 Å². The SMILES string of the molecule is CN=C(NCC(=O)N(C)CC(F)(F)F)NC1CCC(c2ccccc2)CC1. The molecule has 1 aromatic carbocycles. The first kappa shape index (κ1) is 21.1. The molecule has 27 heavy (non-hydrogen) atoms. The van der Waals surface area contributed by atoms with Crippen molar-refractivity contribution in [3.8, 4) is 0 Å². The summed E-state index contributed by atoms with van der Waals surface area (Å²) >= 11 is 0. The van der Waals surface area contributed by atoms with E-state index in [2.05, 4.69) is 39.9 Å². The highest BCUT2D eigenvalue weighted by Crippen LogP contribution is 2.32. The van der Waals surface area contributed by atoms with E-state index < -0.39 is 18.6 Å². The van der Waals surface area contributed by atoms with E-state index in [4.69, 9.17) is 0 Å². The summed E-state index contributed by atoms with van der Waals surface area (Å²) in [4.78, 5) is 16.5. The molecule has 0 radical (unpaired) electrons. The molecule has 0 aromatic heterocycles. The number of alkyl halides is 3. The van der Waals surface area contributed by atoms with E-state index in [-0.39, 0.29) is 12.6 Å². The van der Waals surface area contributed by atoms with Gasteiger partial charge in [0.15, 0.2) is 5.96 Å². The van der Waals surface area contributed by atoms with Crippen molar-refractivity contribution < 1.29 is 18.0 Å². The van der Waals surface area contributed by atoms with Crippen LogP contribution in [0.25, 0.3) is 0 Å². The number of amides is 1. The lowest BCUT2D eigenvalue weighted by Crippen LogP contribution is -2.48. The van der Waals surface area contributed by atoms with Gasteiger partial charge in [-0.3, -0.25) is 9.79 Å². The van der Waals surface area contributed by atoms with Gasteiger partial charge >= 0.3 is 6.18 Å². The molecule has 0 heterocycles. The van der Waals surface area contributed by atoms with Crippen molar-refractivity contribution in [1.82, 2.24) is 15.5 Å². The van der Waals surface area contributed by atoms with Crippen LogP contribution in [0.3, 0.4) is 0 Å². The van der Waals surface area contributed by atoms with Crippen molar-refractivity contribution in [2.75, 3.05) is 27.2 Å². The quantitative estimate of drug-likeness (QED) is 0.606. The van der Waals surface area contributed by atoms with E-state index in [1.807, 2.05) is 6.07 Å². The fourth-order valence-corrected chi connectivity index (χ4v) is 3.34. The molecule has 5 nitrogen and oxygen atoms in total.